The molecule has 2 heterocycles. The van der Waals surface area contributed by atoms with Gasteiger partial charge in [0.1, 0.15) is 5.75 Å². The summed E-state index contributed by atoms with van der Waals surface area (Å²) < 4.78 is 6.14. The number of anilines is 1. The Morgan fingerprint density at radius 2 is 2.21 bits per heavy atom. The number of ether oxygens (including phenoxy) is 1. The fraction of sp³-hybridized carbons (Fsp3) is 0.625. The second kappa shape index (κ2) is 5.41. The molecule has 3 heteroatoms. The van der Waals surface area contributed by atoms with Crippen molar-refractivity contribution in [2.45, 2.75) is 32.6 Å². The average Bonchev–Trinajstić information content (AvgIpc) is 2.46. The Labute approximate surface area is 115 Å². The summed E-state index contributed by atoms with van der Waals surface area (Å²) in [6.07, 6.45) is 4.89. The van der Waals surface area contributed by atoms with Gasteiger partial charge in [0.25, 0.3) is 0 Å². The number of benzene rings is 1. The molecule has 1 unspecified atom stereocenters. The molecular formula is C16H24N2O. The molecule has 2 aliphatic heterocycles. The van der Waals surface area contributed by atoms with E-state index in [-0.39, 0.29) is 5.41 Å². The largest absolute Gasteiger partial charge is 0.491 e. The number of hydrogen-bond acceptors (Lipinski definition) is 3. The van der Waals surface area contributed by atoms with Crippen LogP contribution >= 0.6 is 0 Å². The third-order valence-corrected chi connectivity index (χ3v) is 4.30. The first-order valence-corrected chi connectivity index (χ1v) is 7.46. The van der Waals surface area contributed by atoms with Crippen molar-refractivity contribution in [3.8, 4) is 5.75 Å². The minimum absolute atomic E-state index is 0.273. The Bertz CT molecular complexity index is 438. The number of hydrogen-bond donors (Lipinski definition) is 2. The molecular weight excluding hydrogens is 236 g/mol. The van der Waals surface area contributed by atoms with Crippen LogP contribution in [0.5, 0.6) is 5.75 Å². The summed E-state index contributed by atoms with van der Waals surface area (Å²) in [6.45, 7) is 6.40. The van der Waals surface area contributed by atoms with E-state index in [0.29, 0.717) is 0 Å². The summed E-state index contributed by atoms with van der Waals surface area (Å²) in [5.74, 6) is 1.03. The van der Waals surface area contributed by atoms with Crippen molar-refractivity contribution in [3.63, 3.8) is 0 Å². The number of nitrogens with one attached hydrogen (secondary N) is 2. The number of fused-ring (bicyclic) bond motifs is 1. The van der Waals surface area contributed by atoms with Gasteiger partial charge in [0.15, 0.2) is 0 Å². The van der Waals surface area contributed by atoms with Gasteiger partial charge in [-0.3, -0.25) is 0 Å². The van der Waals surface area contributed by atoms with Gasteiger partial charge in [-0.2, -0.15) is 0 Å². The van der Waals surface area contributed by atoms with E-state index in [1.54, 1.807) is 0 Å². The van der Waals surface area contributed by atoms with E-state index in [1.807, 2.05) is 0 Å². The topological polar surface area (TPSA) is 33.3 Å². The Kier molecular flexibility index (Phi) is 3.65. The molecule has 2 aliphatic rings. The van der Waals surface area contributed by atoms with Crippen LogP contribution in [-0.2, 0) is 6.42 Å². The van der Waals surface area contributed by atoms with Crippen molar-refractivity contribution >= 4 is 5.69 Å². The van der Waals surface area contributed by atoms with Crippen LogP contribution in [0.15, 0.2) is 18.2 Å². The Balaban J connectivity index is 1.69. The summed E-state index contributed by atoms with van der Waals surface area (Å²) in [5, 5.41) is 6.97. The smallest absolute Gasteiger partial charge is 0.142 e. The van der Waals surface area contributed by atoms with Gasteiger partial charge in [-0.15, -0.1) is 0 Å². The van der Waals surface area contributed by atoms with E-state index < -0.39 is 0 Å². The highest BCUT2D eigenvalue weighted by molar-refractivity contribution is 5.63. The van der Waals surface area contributed by atoms with Crippen molar-refractivity contribution < 1.29 is 4.74 Å². The molecule has 3 rings (SSSR count). The maximum Gasteiger partial charge on any atom is 0.142 e. The number of piperidine rings is 1. The van der Waals surface area contributed by atoms with E-state index in [4.69, 9.17) is 4.74 Å². The van der Waals surface area contributed by atoms with Gasteiger partial charge >= 0.3 is 0 Å². The fourth-order valence-corrected chi connectivity index (χ4v) is 3.09. The van der Waals surface area contributed by atoms with Gasteiger partial charge in [0, 0.05) is 18.5 Å². The quantitative estimate of drug-likeness (QED) is 0.877. The lowest BCUT2D eigenvalue weighted by molar-refractivity contribution is 0.129. The molecule has 0 amide bonds. The molecule has 0 bridgehead atoms. The summed E-state index contributed by atoms with van der Waals surface area (Å²) in [5.41, 5.74) is 2.90. The SMILES string of the molecule is CC1(COc2cccc3c2NCCC3)CCCNC1. The highest BCUT2D eigenvalue weighted by atomic mass is 16.5. The zero-order valence-corrected chi connectivity index (χ0v) is 11.8. The van der Waals surface area contributed by atoms with E-state index in [0.717, 1.165) is 32.0 Å². The first-order chi connectivity index (χ1) is 9.27. The molecule has 1 aromatic carbocycles. The molecule has 0 aliphatic carbocycles. The summed E-state index contributed by atoms with van der Waals surface area (Å²) in [4.78, 5) is 0. The third-order valence-electron chi connectivity index (χ3n) is 4.30. The molecule has 1 fully saturated rings. The fourth-order valence-electron chi connectivity index (χ4n) is 3.09. The standard InChI is InChI=1S/C16H24N2O/c1-16(8-4-9-17-11-16)12-19-14-7-2-5-13-6-3-10-18-15(13)14/h2,5,7,17-18H,3-4,6,8-12H2,1H3. The van der Waals surface area contributed by atoms with Crippen LogP contribution in [0.2, 0.25) is 0 Å². The summed E-state index contributed by atoms with van der Waals surface area (Å²) in [6, 6.07) is 6.41. The molecule has 1 saturated heterocycles. The van der Waals surface area contributed by atoms with Crippen LogP contribution in [0.4, 0.5) is 5.69 Å². The van der Waals surface area contributed by atoms with Crippen molar-refractivity contribution in [3.05, 3.63) is 23.8 Å². The Hall–Kier alpha value is -1.22. The van der Waals surface area contributed by atoms with Gasteiger partial charge in [0.05, 0.1) is 12.3 Å². The molecule has 1 atom stereocenters. The molecule has 0 radical (unpaired) electrons. The highest BCUT2D eigenvalue weighted by Gasteiger charge is 2.28. The van der Waals surface area contributed by atoms with Crippen molar-refractivity contribution in [2.75, 3.05) is 31.6 Å². The highest BCUT2D eigenvalue weighted by Crippen LogP contribution is 2.34. The van der Waals surface area contributed by atoms with Gasteiger partial charge in [0.2, 0.25) is 0 Å². The van der Waals surface area contributed by atoms with E-state index in [9.17, 15) is 0 Å². The Morgan fingerprint density at radius 3 is 3.05 bits per heavy atom. The van der Waals surface area contributed by atoms with Crippen LogP contribution < -0.4 is 15.4 Å². The summed E-state index contributed by atoms with van der Waals surface area (Å²) >= 11 is 0. The van der Waals surface area contributed by atoms with Gasteiger partial charge < -0.3 is 15.4 Å². The second-order valence-corrected chi connectivity index (χ2v) is 6.20. The lowest BCUT2D eigenvalue weighted by Crippen LogP contribution is -2.41. The first-order valence-electron chi connectivity index (χ1n) is 7.46. The number of para-hydroxylation sites is 1. The number of rotatable bonds is 3. The maximum atomic E-state index is 6.14. The lowest BCUT2D eigenvalue weighted by Gasteiger charge is -2.34. The average molecular weight is 260 g/mol. The van der Waals surface area contributed by atoms with Gasteiger partial charge in [-0.1, -0.05) is 19.1 Å². The number of aryl methyl sites for hydroxylation is 1. The second-order valence-electron chi connectivity index (χ2n) is 6.20. The minimum Gasteiger partial charge on any atom is -0.491 e. The predicted molar refractivity (Wildman–Crippen MR) is 79.0 cm³/mol. The normalized spacial score (nSPS) is 26.4. The van der Waals surface area contributed by atoms with Crippen LogP contribution in [0.25, 0.3) is 0 Å². The monoisotopic (exact) mass is 260 g/mol. The zero-order valence-electron chi connectivity index (χ0n) is 11.8. The van der Waals surface area contributed by atoms with Crippen LogP contribution in [-0.4, -0.2) is 26.2 Å². The van der Waals surface area contributed by atoms with Crippen molar-refractivity contribution in [1.29, 1.82) is 0 Å². The Morgan fingerprint density at radius 1 is 1.26 bits per heavy atom. The van der Waals surface area contributed by atoms with Crippen LogP contribution in [0.3, 0.4) is 0 Å². The zero-order chi connectivity index (χ0) is 13.1. The van der Waals surface area contributed by atoms with Crippen LogP contribution in [0.1, 0.15) is 31.7 Å². The molecule has 0 aromatic heterocycles. The molecule has 2 N–H and O–H groups in total. The van der Waals surface area contributed by atoms with Gasteiger partial charge in [-0.25, -0.2) is 0 Å². The summed E-state index contributed by atoms with van der Waals surface area (Å²) in [7, 11) is 0. The van der Waals surface area contributed by atoms with E-state index in [2.05, 4.69) is 35.8 Å². The molecule has 3 nitrogen and oxygen atoms in total. The van der Waals surface area contributed by atoms with Gasteiger partial charge in [-0.05, 0) is 43.9 Å². The molecule has 19 heavy (non-hydrogen) atoms. The first kappa shape index (κ1) is 12.8. The van der Waals surface area contributed by atoms with E-state index in [1.165, 1.54) is 36.9 Å². The van der Waals surface area contributed by atoms with Crippen molar-refractivity contribution in [2.24, 2.45) is 5.41 Å². The third kappa shape index (κ3) is 2.86. The van der Waals surface area contributed by atoms with Crippen molar-refractivity contribution in [1.82, 2.24) is 5.32 Å². The predicted octanol–water partition coefficient (Wildman–Crippen LogP) is 2.81. The van der Waals surface area contributed by atoms with E-state index >= 15 is 0 Å². The minimum atomic E-state index is 0.273. The molecule has 1 aromatic rings. The lowest BCUT2D eigenvalue weighted by atomic mass is 9.84. The molecule has 0 spiro atoms. The van der Waals surface area contributed by atoms with Crippen LogP contribution in [0, 0.1) is 5.41 Å². The molecule has 0 saturated carbocycles. The maximum absolute atomic E-state index is 6.14. The molecule has 104 valence electrons.